The lowest BCUT2D eigenvalue weighted by molar-refractivity contribution is 0.472. The van der Waals surface area contributed by atoms with Gasteiger partial charge in [-0.3, -0.25) is 0 Å². The van der Waals surface area contributed by atoms with Crippen LogP contribution in [0.3, 0.4) is 0 Å². The van der Waals surface area contributed by atoms with E-state index in [4.69, 9.17) is 5.26 Å². The second-order valence-electron chi connectivity index (χ2n) is 4.55. The number of nitriles is 1. The summed E-state index contributed by atoms with van der Waals surface area (Å²) in [7, 11) is 0. The van der Waals surface area contributed by atoms with Crippen LogP contribution in [0.15, 0.2) is 42.5 Å². The van der Waals surface area contributed by atoms with E-state index in [2.05, 4.69) is 5.32 Å². The monoisotopic (exact) mass is 272 g/mol. The van der Waals surface area contributed by atoms with Crippen LogP contribution >= 0.6 is 0 Å². The first-order chi connectivity index (χ1) is 9.61. The predicted molar refractivity (Wildman–Crippen MR) is 72.8 cm³/mol. The highest BCUT2D eigenvalue weighted by Crippen LogP contribution is 2.19. The van der Waals surface area contributed by atoms with Crippen molar-refractivity contribution in [1.82, 2.24) is 5.32 Å². The lowest BCUT2D eigenvalue weighted by atomic mass is 10.1. The summed E-state index contributed by atoms with van der Waals surface area (Å²) in [5.74, 6) is -1.65. The second-order valence-corrected chi connectivity index (χ2v) is 4.55. The van der Waals surface area contributed by atoms with Crippen LogP contribution in [-0.2, 0) is 6.54 Å². The number of nitrogens with zero attached hydrogens (tertiary/aromatic N) is 1. The van der Waals surface area contributed by atoms with Crippen LogP contribution in [0.25, 0.3) is 0 Å². The molecule has 20 heavy (non-hydrogen) atoms. The van der Waals surface area contributed by atoms with Gasteiger partial charge in [0.2, 0.25) is 0 Å². The minimum Gasteiger partial charge on any atom is -0.306 e. The summed E-state index contributed by atoms with van der Waals surface area (Å²) in [5.41, 5.74) is 1.88. The second kappa shape index (κ2) is 6.27. The third-order valence-corrected chi connectivity index (χ3v) is 3.14. The van der Waals surface area contributed by atoms with E-state index in [9.17, 15) is 8.78 Å². The van der Waals surface area contributed by atoms with Crippen molar-refractivity contribution in [3.63, 3.8) is 0 Å². The van der Waals surface area contributed by atoms with Crippen molar-refractivity contribution in [2.24, 2.45) is 0 Å². The highest BCUT2D eigenvalue weighted by atomic mass is 19.2. The molecule has 0 aliphatic heterocycles. The molecule has 0 aromatic heterocycles. The summed E-state index contributed by atoms with van der Waals surface area (Å²) in [6, 6.07) is 13.0. The van der Waals surface area contributed by atoms with Gasteiger partial charge >= 0.3 is 0 Å². The molecular formula is C16H14F2N2. The van der Waals surface area contributed by atoms with Crippen molar-refractivity contribution in [3.8, 4) is 6.07 Å². The largest absolute Gasteiger partial charge is 0.306 e. The Balaban J connectivity index is 2.03. The van der Waals surface area contributed by atoms with Gasteiger partial charge in [0.05, 0.1) is 11.6 Å². The Bertz CT molecular complexity index is 630. The number of rotatable bonds is 4. The van der Waals surface area contributed by atoms with Crippen molar-refractivity contribution in [2.75, 3.05) is 0 Å². The fourth-order valence-corrected chi connectivity index (χ4v) is 1.93. The molecule has 2 rings (SSSR count). The molecule has 1 unspecified atom stereocenters. The summed E-state index contributed by atoms with van der Waals surface area (Å²) in [5, 5.41) is 11.8. The maximum absolute atomic E-state index is 13.6. The van der Waals surface area contributed by atoms with Crippen LogP contribution in [0.4, 0.5) is 8.78 Å². The standard InChI is InChI=1S/C16H14F2N2/c1-11(14-3-2-4-15(17)16(14)18)20-10-13-7-5-12(9-19)6-8-13/h2-8,11,20H,10H2,1H3. The predicted octanol–water partition coefficient (Wildman–Crippen LogP) is 3.69. The van der Waals surface area contributed by atoms with Crippen LogP contribution in [0, 0.1) is 23.0 Å². The zero-order valence-corrected chi connectivity index (χ0v) is 11.0. The number of benzene rings is 2. The number of hydrogen-bond donors (Lipinski definition) is 1. The fraction of sp³-hybridized carbons (Fsp3) is 0.188. The molecule has 2 nitrogen and oxygen atoms in total. The molecule has 0 saturated heterocycles. The van der Waals surface area contributed by atoms with Gasteiger partial charge in [0, 0.05) is 18.2 Å². The number of nitrogens with one attached hydrogen (secondary N) is 1. The molecule has 0 radical (unpaired) electrons. The Morgan fingerprint density at radius 2 is 1.85 bits per heavy atom. The maximum atomic E-state index is 13.6. The summed E-state index contributed by atoms with van der Waals surface area (Å²) < 4.78 is 26.8. The van der Waals surface area contributed by atoms with Crippen molar-refractivity contribution in [2.45, 2.75) is 19.5 Å². The average Bonchev–Trinajstić information content (AvgIpc) is 2.48. The normalized spacial score (nSPS) is 11.9. The molecule has 0 aliphatic carbocycles. The highest BCUT2D eigenvalue weighted by molar-refractivity contribution is 5.31. The molecule has 0 fully saturated rings. The fourth-order valence-electron chi connectivity index (χ4n) is 1.93. The lowest BCUT2D eigenvalue weighted by Crippen LogP contribution is -2.19. The van der Waals surface area contributed by atoms with Gasteiger partial charge in [-0.15, -0.1) is 0 Å². The van der Waals surface area contributed by atoms with Gasteiger partial charge in [-0.05, 0) is 30.7 Å². The van der Waals surface area contributed by atoms with Crippen LogP contribution in [-0.4, -0.2) is 0 Å². The molecule has 1 N–H and O–H groups in total. The van der Waals surface area contributed by atoms with Crippen LogP contribution < -0.4 is 5.32 Å². The first-order valence-electron chi connectivity index (χ1n) is 6.28. The Labute approximate surface area is 116 Å². The molecule has 2 aromatic carbocycles. The number of hydrogen-bond acceptors (Lipinski definition) is 2. The van der Waals surface area contributed by atoms with E-state index in [-0.39, 0.29) is 6.04 Å². The molecule has 0 heterocycles. The van der Waals surface area contributed by atoms with Crippen molar-refractivity contribution >= 4 is 0 Å². The lowest BCUT2D eigenvalue weighted by Gasteiger charge is -2.15. The van der Waals surface area contributed by atoms with E-state index in [1.807, 2.05) is 18.2 Å². The summed E-state index contributed by atoms with van der Waals surface area (Å²) in [4.78, 5) is 0. The van der Waals surface area contributed by atoms with Crippen molar-refractivity contribution in [3.05, 3.63) is 70.8 Å². The van der Waals surface area contributed by atoms with Gasteiger partial charge in [0.1, 0.15) is 0 Å². The third kappa shape index (κ3) is 3.19. The topological polar surface area (TPSA) is 35.8 Å². The minimum atomic E-state index is -0.838. The Kier molecular flexibility index (Phi) is 4.44. The van der Waals surface area contributed by atoms with Gasteiger partial charge in [0.15, 0.2) is 11.6 Å². The average molecular weight is 272 g/mol. The smallest absolute Gasteiger partial charge is 0.163 e. The first kappa shape index (κ1) is 14.2. The molecule has 0 spiro atoms. The third-order valence-electron chi connectivity index (χ3n) is 3.14. The summed E-state index contributed by atoms with van der Waals surface area (Å²) in [6.07, 6.45) is 0. The van der Waals surface area contributed by atoms with Crippen LogP contribution in [0.2, 0.25) is 0 Å². The Morgan fingerprint density at radius 3 is 2.50 bits per heavy atom. The zero-order valence-electron chi connectivity index (χ0n) is 11.0. The van der Waals surface area contributed by atoms with Gasteiger partial charge in [-0.2, -0.15) is 5.26 Å². The summed E-state index contributed by atoms with van der Waals surface area (Å²) >= 11 is 0. The Hall–Kier alpha value is -2.25. The highest BCUT2D eigenvalue weighted by Gasteiger charge is 2.13. The van der Waals surface area contributed by atoms with Gasteiger partial charge in [-0.1, -0.05) is 24.3 Å². The molecular weight excluding hydrogens is 258 g/mol. The van der Waals surface area contributed by atoms with Crippen molar-refractivity contribution < 1.29 is 8.78 Å². The van der Waals surface area contributed by atoms with Crippen molar-refractivity contribution in [1.29, 1.82) is 5.26 Å². The molecule has 0 aliphatic rings. The molecule has 102 valence electrons. The van der Waals surface area contributed by atoms with E-state index in [0.29, 0.717) is 17.7 Å². The molecule has 0 bridgehead atoms. The minimum absolute atomic E-state index is 0.304. The van der Waals surface area contributed by atoms with E-state index < -0.39 is 11.6 Å². The molecule has 4 heteroatoms. The Morgan fingerprint density at radius 1 is 1.15 bits per heavy atom. The van der Waals surface area contributed by atoms with Crippen LogP contribution in [0.1, 0.15) is 29.7 Å². The van der Waals surface area contributed by atoms with E-state index >= 15 is 0 Å². The summed E-state index contributed by atoms with van der Waals surface area (Å²) in [6.45, 7) is 2.30. The maximum Gasteiger partial charge on any atom is 0.163 e. The van der Waals surface area contributed by atoms with E-state index in [1.54, 1.807) is 25.1 Å². The quantitative estimate of drug-likeness (QED) is 0.921. The molecule has 0 amide bonds. The van der Waals surface area contributed by atoms with E-state index in [1.165, 1.54) is 6.07 Å². The van der Waals surface area contributed by atoms with Gasteiger partial charge in [-0.25, -0.2) is 8.78 Å². The zero-order chi connectivity index (χ0) is 14.5. The van der Waals surface area contributed by atoms with Gasteiger partial charge in [0.25, 0.3) is 0 Å². The molecule has 1 atom stereocenters. The van der Waals surface area contributed by atoms with Crippen LogP contribution in [0.5, 0.6) is 0 Å². The molecule has 0 saturated carbocycles. The molecule has 2 aromatic rings. The number of halogens is 2. The van der Waals surface area contributed by atoms with Gasteiger partial charge < -0.3 is 5.32 Å². The SMILES string of the molecule is CC(NCc1ccc(C#N)cc1)c1cccc(F)c1F. The van der Waals surface area contributed by atoms with E-state index in [0.717, 1.165) is 11.6 Å². The first-order valence-corrected chi connectivity index (χ1v) is 6.28.